The van der Waals surface area contributed by atoms with E-state index in [2.05, 4.69) is 12.2 Å². The molecule has 0 aliphatic carbocycles. The first-order chi connectivity index (χ1) is 9.28. The zero-order valence-electron chi connectivity index (χ0n) is 11.5. The Morgan fingerprint density at radius 1 is 1.05 bits per heavy atom. The number of benzene rings is 1. The Kier molecular flexibility index (Phi) is 4.47. The van der Waals surface area contributed by atoms with Crippen LogP contribution in [0.15, 0.2) is 34.7 Å². The van der Waals surface area contributed by atoms with E-state index in [-0.39, 0.29) is 0 Å². The minimum Gasteiger partial charge on any atom is -0.493 e. The van der Waals surface area contributed by atoms with Gasteiger partial charge in [-0.2, -0.15) is 0 Å². The maximum atomic E-state index is 5.79. The van der Waals surface area contributed by atoms with Crippen LogP contribution in [-0.4, -0.2) is 20.8 Å². The van der Waals surface area contributed by atoms with E-state index in [9.17, 15) is 0 Å². The predicted molar refractivity (Wildman–Crippen MR) is 74.6 cm³/mol. The van der Waals surface area contributed by atoms with Crippen molar-refractivity contribution in [3.8, 4) is 22.8 Å². The van der Waals surface area contributed by atoms with Crippen molar-refractivity contribution in [2.75, 3.05) is 20.8 Å². The van der Waals surface area contributed by atoms with Crippen LogP contribution < -0.4 is 14.8 Å². The van der Waals surface area contributed by atoms with Crippen molar-refractivity contribution < 1.29 is 13.9 Å². The smallest absolute Gasteiger partial charge is 0.161 e. The Morgan fingerprint density at radius 2 is 1.84 bits per heavy atom. The van der Waals surface area contributed by atoms with Crippen molar-refractivity contribution in [1.29, 1.82) is 0 Å². The third kappa shape index (κ3) is 3.09. The van der Waals surface area contributed by atoms with E-state index in [1.54, 1.807) is 14.2 Å². The highest BCUT2D eigenvalue weighted by atomic mass is 16.5. The van der Waals surface area contributed by atoms with E-state index < -0.39 is 0 Å². The molecule has 1 heterocycles. The second-order valence-electron chi connectivity index (χ2n) is 4.12. The molecule has 0 saturated carbocycles. The lowest BCUT2D eigenvalue weighted by molar-refractivity contribution is 0.355. The second kappa shape index (κ2) is 6.29. The number of hydrogen-bond acceptors (Lipinski definition) is 4. The van der Waals surface area contributed by atoms with Gasteiger partial charge in [-0.3, -0.25) is 0 Å². The maximum Gasteiger partial charge on any atom is 0.161 e. The average molecular weight is 261 g/mol. The fourth-order valence-corrected chi connectivity index (χ4v) is 1.87. The van der Waals surface area contributed by atoms with E-state index in [4.69, 9.17) is 13.9 Å². The molecular formula is C15H19NO3. The number of ether oxygens (including phenoxy) is 2. The highest BCUT2D eigenvalue weighted by Crippen LogP contribution is 2.32. The molecule has 1 N–H and O–H groups in total. The van der Waals surface area contributed by atoms with Gasteiger partial charge in [-0.25, -0.2) is 0 Å². The molecule has 4 nitrogen and oxygen atoms in total. The van der Waals surface area contributed by atoms with Gasteiger partial charge in [0.25, 0.3) is 0 Å². The molecule has 4 heteroatoms. The molecule has 0 aliphatic heterocycles. The number of hydrogen-bond donors (Lipinski definition) is 1. The van der Waals surface area contributed by atoms with Gasteiger partial charge in [0.2, 0.25) is 0 Å². The molecule has 19 heavy (non-hydrogen) atoms. The molecule has 0 radical (unpaired) electrons. The van der Waals surface area contributed by atoms with Crippen LogP contribution in [0.5, 0.6) is 11.5 Å². The molecule has 0 fully saturated rings. The number of nitrogens with one attached hydrogen (secondary N) is 1. The molecule has 0 amide bonds. The van der Waals surface area contributed by atoms with Crippen LogP contribution in [0.25, 0.3) is 11.3 Å². The summed E-state index contributed by atoms with van der Waals surface area (Å²) in [6, 6.07) is 9.69. The molecule has 0 unspecified atom stereocenters. The molecule has 2 aromatic rings. The summed E-state index contributed by atoms with van der Waals surface area (Å²) in [5, 5.41) is 3.23. The highest BCUT2D eigenvalue weighted by Gasteiger charge is 2.09. The Bertz CT molecular complexity index is 534. The Morgan fingerprint density at radius 3 is 2.53 bits per heavy atom. The van der Waals surface area contributed by atoms with Gasteiger partial charge in [-0.05, 0) is 36.9 Å². The van der Waals surface area contributed by atoms with Crippen molar-refractivity contribution >= 4 is 0 Å². The standard InChI is InChI=1S/C15H19NO3/c1-4-16-10-12-6-8-13(19-12)11-5-7-14(17-2)15(9-11)18-3/h5-9,16H,4,10H2,1-3H3. The summed E-state index contributed by atoms with van der Waals surface area (Å²) in [5.41, 5.74) is 0.973. The number of rotatable bonds is 6. The fraction of sp³-hybridized carbons (Fsp3) is 0.333. The zero-order valence-corrected chi connectivity index (χ0v) is 11.5. The maximum absolute atomic E-state index is 5.79. The van der Waals surface area contributed by atoms with Crippen molar-refractivity contribution in [1.82, 2.24) is 5.32 Å². The quantitative estimate of drug-likeness (QED) is 0.868. The van der Waals surface area contributed by atoms with Gasteiger partial charge in [0, 0.05) is 5.56 Å². The summed E-state index contributed by atoms with van der Waals surface area (Å²) in [6.07, 6.45) is 0. The molecule has 0 saturated heterocycles. The van der Waals surface area contributed by atoms with E-state index in [1.165, 1.54) is 0 Å². The van der Waals surface area contributed by atoms with Crippen LogP contribution in [0.2, 0.25) is 0 Å². The van der Waals surface area contributed by atoms with Crippen molar-refractivity contribution in [3.05, 3.63) is 36.1 Å². The van der Waals surface area contributed by atoms with Gasteiger partial charge in [0.1, 0.15) is 11.5 Å². The largest absolute Gasteiger partial charge is 0.493 e. The molecule has 1 aromatic heterocycles. The summed E-state index contributed by atoms with van der Waals surface area (Å²) in [5.74, 6) is 3.16. The summed E-state index contributed by atoms with van der Waals surface area (Å²) < 4.78 is 16.3. The van der Waals surface area contributed by atoms with Crippen LogP contribution in [0, 0.1) is 0 Å². The third-order valence-electron chi connectivity index (χ3n) is 2.88. The normalized spacial score (nSPS) is 10.5. The van der Waals surface area contributed by atoms with Gasteiger partial charge >= 0.3 is 0 Å². The molecule has 2 rings (SSSR count). The Hall–Kier alpha value is -1.94. The van der Waals surface area contributed by atoms with E-state index in [0.717, 1.165) is 30.2 Å². The second-order valence-corrected chi connectivity index (χ2v) is 4.12. The minimum atomic E-state index is 0.699. The van der Waals surface area contributed by atoms with Crippen LogP contribution in [0.1, 0.15) is 12.7 Å². The molecule has 1 aromatic carbocycles. The zero-order chi connectivity index (χ0) is 13.7. The summed E-state index contributed by atoms with van der Waals surface area (Å²) in [4.78, 5) is 0. The number of methoxy groups -OCH3 is 2. The molecule has 0 bridgehead atoms. The Labute approximate surface area is 113 Å². The molecule has 0 spiro atoms. The van der Waals surface area contributed by atoms with Crippen LogP contribution in [-0.2, 0) is 6.54 Å². The minimum absolute atomic E-state index is 0.699. The summed E-state index contributed by atoms with van der Waals surface area (Å²) in [7, 11) is 3.25. The van der Waals surface area contributed by atoms with Gasteiger partial charge in [0.15, 0.2) is 11.5 Å². The molecule has 102 valence electrons. The highest BCUT2D eigenvalue weighted by molar-refractivity contribution is 5.62. The summed E-state index contributed by atoms with van der Waals surface area (Å²) >= 11 is 0. The van der Waals surface area contributed by atoms with Crippen molar-refractivity contribution in [3.63, 3.8) is 0 Å². The fourth-order valence-electron chi connectivity index (χ4n) is 1.87. The van der Waals surface area contributed by atoms with Crippen LogP contribution in [0.3, 0.4) is 0 Å². The van der Waals surface area contributed by atoms with Gasteiger partial charge in [0.05, 0.1) is 20.8 Å². The van der Waals surface area contributed by atoms with Crippen LogP contribution >= 0.6 is 0 Å². The third-order valence-corrected chi connectivity index (χ3v) is 2.88. The average Bonchev–Trinajstić information content (AvgIpc) is 2.93. The SMILES string of the molecule is CCNCc1ccc(-c2ccc(OC)c(OC)c2)o1. The van der Waals surface area contributed by atoms with E-state index >= 15 is 0 Å². The van der Waals surface area contributed by atoms with E-state index in [1.807, 2.05) is 30.3 Å². The van der Waals surface area contributed by atoms with Crippen molar-refractivity contribution in [2.24, 2.45) is 0 Å². The Balaban J connectivity index is 2.23. The first-order valence-corrected chi connectivity index (χ1v) is 6.30. The molecule has 0 atom stereocenters. The topological polar surface area (TPSA) is 43.6 Å². The monoisotopic (exact) mass is 261 g/mol. The van der Waals surface area contributed by atoms with E-state index in [0.29, 0.717) is 11.5 Å². The van der Waals surface area contributed by atoms with Gasteiger partial charge in [-0.15, -0.1) is 0 Å². The van der Waals surface area contributed by atoms with Gasteiger partial charge < -0.3 is 19.2 Å². The lowest BCUT2D eigenvalue weighted by Gasteiger charge is -2.08. The predicted octanol–water partition coefficient (Wildman–Crippen LogP) is 3.07. The van der Waals surface area contributed by atoms with Crippen LogP contribution in [0.4, 0.5) is 0 Å². The lowest BCUT2D eigenvalue weighted by atomic mass is 10.1. The summed E-state index contributed by atoms with van der Waals surface area (Å²) in [6.45, 7) is 3.73. The first kappa shape index (κ1) is 13.5. The lowest BCUT2D eigenvalue weighted by Crippen LogP contribution is -2.10. The molecule has 0 aliphatic rings. The first-order valence-electron chi connectivity index (χ1n) is 6.30. The molecular weight excluding hydrogens is 242 g/mol. The van der Waals surface area contributed by atoms with Gasteiger partial charge in [-0.1, -0.05) is 6.92 Å². The van der Waals surface area contributed by atoms with Crippen molar-refractivity contribution in [2.45, 2.75) is 13.5 Å². The number of furan rings is 1.